The lowest BCUT2D eigenvalue weighted by Crippen LogP contribution is -2.27. The van der Waals surface area contributed by atoms with Crippen molar-refractivity contribution >= 4 is 81.2 Å². The molecule has 11 heteroatoms. The lowest BCUT2D eigenvalue weighted by atomic mass is 10.1. The fourth-order valence-electron chi connectivity index (χ4n) is 3.85. The minimum absolute atomic E-state index is 0.00679. The van der Waals surface area contributed by atoms with Gasteiger partial charge in [-0.25, -0.2) is 8.78 Å². The Hall–Kier alpha value is -2.09. The second-order valence-corrected chi connectivity index (χ2v) is 10.7. The van der Waals surface area contributed by atoms with E-state index in [-0.39, 0.29) is 22.0 Å². The van der Waals surface area contributed by atoms with Gasteiger partial charge in [0.05, 0.1) is 22.2 Å². The molecule has 0 aromatic heterocycles. The first-order valence-electron chi connectivity index (χ1n) is 10.1. The van der Waals surface area contributed by atoms with E-state index in [0.717, 1.165) is 17.0 Å². The zero-order chi connectivity index (χ0) is 25.7. The summed E-state index contributed by atoms with van der Waals surface area (Å²) >= 11 is 31.1. The number of nitrogens with one attached hydrogen (secondary N) is 1. The van der Waals surface area contributed by atoms with E-state index in [4.69, 9.17) is 58.0 Å². The van der Waals surface area contributed by atoms with Crippen molar-refractivity contribution in [1.82, 2.24) is 0 Å². The molecule has 0 bridgehead atoms. The molecule has 35 heavy (non-hydrogen) atoms. The van der Waals surface area contributed by atoms with E-state index >= 15 is 0 Å². The molecule has 2 amide bonds. The maximum absolute atomic E-state index is 14.2. The monoisotopic (exact) mass is 576 g/mol. The molecule has 0 spiro atoms. The molecule has 4 rings (SSSR count). The predicted octanol–water partition coefficient (Wildman–Crippen LogP) is 7.73. The number of halogens is 7. The third-order valence-corrected chi connectivity index (χ3v) is 7.33. The van der Waals surface area contributed by atoms with E-state index in [1.54, 1.807) is 18.2 Å². The van der Waals surface area contributed by atoms with Crippen LogP contribution >= 0.6 is 58.0 Å². The molecule has 0 aliphatic heterocycles. The van der Waals surface area contributed by atoms with Crippen molar-refractivity contribution in [3.05, 3.63) is 92.4 Å². The summed E-state index contributed by atoms with van der Waals surface area (Å²) in [4.78, 5) is 27.0. The van der Waals surface area contributed by atoms with Crippen LogP contribution in [0.5, 0.6) is 0 Å². The predicted molar refractivity (Wildman–Crippen MR) is 136 cm³/mol. The van der Waals surface area contributed by atoms with Gasteiger partial charge in [-0.1, -0.05) is 34.8 Å². The van der Waals surface area contributed by atoms with Gasteiger partial charge in [0, 0.05) is 34.8 Å². The Balaban J connectivity index is 1.55. The largest absolute Gasteiger partial charge is 0.326 e. The first-order valence-corrected chi connectivity index (χ1v) is 12.0. The van der Waals surface area contributed by atoms with Gasteiger partial charge in [0.15, 0.2) is 0 Å². The van der Waals surface area contributed by atoms with Crippen molar-refractivity contribution in [1.29, 1.82) is 0 Å². The van der Waals surface area contributed by atoms with Gasteiger partial charge in [-0.3, -0.25) is 9.59 Å². The summed E-state index contributed by atoms with van der Waals surface area (Å²) in [5, 5.41) is 3.51. The number of hydrogen-bond acceptors (Lipinski definition) is 2. The standard InChI is InChI=1S/C24H15Cl5F2N2O2/c1-33(19-5-2-14(30)9-18(19)31)23(35)16-10-15(3-4-17(16)27)32-22(34)21-20(24(21,28)29)11-6-12(25)8-13(26)7-11/h2-10,20-21H,1H3,(H,32,34)/t20-,21+/m1/s1. The highest BCUT2D eigenvalue weighted by molar-refractivity contribution is 6.53. The highest BCUT2D eigenvalue weighted by Gasteiger charge is 2.67. The number of anilines is 2. The molecule has 3 aromatic rings. The average Bonchev–Trinajstić information content (AvgIpc) is 3.35. The van der Waals surface area contributed by atoms with Crippen LogP contribution in [0.1, 0.15) is 21.8 Å². The van der Waals surface area contributed by atoms with E-state index < -0.39 is 39.6 Å². The number of carbonyl (C=O) groups is 2. The minimum Gasteiger partial charge on any atom is -0.326 e. The zero-order valence-electron chi connectivity index (χ0n) is 17.8. The van der Waals surface area contributed by atoms with Crippen LogP contribution in [0, 0.1) is 17.6 Å². The van der Waals surface area contributed by atoms with E-state index in [9.17, 15) is 18.4 Å². The quantitative estimate of drug-likeness (QED) is 0.315. The van der Waals surface area contributed by atoms with Crippen LogP contribution in [0.25, 0.3) is 0 Å². The molecule has 182 valence electrons. The number of hydrogen-bond donors (Lipinski definition) is 1. The van der Waals surface area contributed by atoms with Crippen LogP contribution in [-0.2, 0) is 4.79 Å². The summed E-state index contributed by atoms with van der Waals surface area (Å²) in [6.45, 7) is 0. The Morgan fingerprint density at radius 3 is 2.23 bits per heavy atom. The van der Waals surface area contributed by atoms with Gasteiger partial charge in [-0.2, -0.15) is 0 Å². The summed E-state index contributed by atoms with van der Waals surface area (Å²) in [5.74, 6) is -4.21. The molecule has 1 fully saturated rings. The Kier molecular flexibility index (Phi) is 7.24. The minimum atomic E-state index is -1.39. The second kappa shape index (κ2) is 9.75. The lowest BCUT2D eigenvalue weighted by Gasteiger charge is -2.19. The summed E-state index contributed by atoms with van der Waals surface area (Å²) in [5.41, 5.74) is 0.710. The molecule has 1 aliphatic rings. The normalized spacial score (nSPS) is 18.2. The maximum Gasteiger partial charge on any atom is 0.259 e. The van der Waals surface area contributed by atoms with Gasteiger partial charge in [0.2, 0.25) is 5.91 Å². The van der Waals surface area contributed by atoms with Crippen LogP contribution < -0.4 is 10.2 Å². The molecule has 3 aromatic carbocycles. The zero-order valence-corrected chi connectivity index (χ0v) is 21.5. The molecule has 4 nitrogen and oxygen atoms in total. The van der Waals surface area contributed by atoms with Crippen molar-refractivity contribution in [2.45, 2.75) is 10.3 Å². The fourth-order valence-corrected chi connectivity index (χ4v) is 5.42. The smallest absolute Gasteiger partial charge is 0.259 e. The number of nitrogens with zero attached hydrogens (tertiary/aromatic N) is 1. The Labute approximate surface area is 224 Å². The molecule has 0 heterocycles. The third-order valence-electron chi connectivity index (χ3n) is 5.62. The van der Waals surface area contributed by atoms with Crippen LogP contribution in [0.3, 0.4) is 0 Å². The van der Waals surface area contributed by atoms with Crippen molar-refractivity contribution < 1.29 is 18.4 Å². The van der Waals surface area contributed by atoms with Crippen LogP contribution in [-0.4, -0.2) is 23.2 Å². The van der Waals surface area contributed by atoms with Gasteiger partial charge in [0.1, 0.15) is 16.0 Å². The van der Waals surface area contributed by atoms with Crippen LogP contribution in [0.15, 0.2) is 54.6 Å². The maximum atomic E-state index is 14.2. The van der Waals surface area contributed by atoms with Crippen LogP contribution in [0.2, 0.25) is 15.1 Å². The summed E-state index contributed by atoms with van der Waals surface area (Å²) in [6.07, 6.45) is 0. The molecular formula is C24H15Cl5F2N2O2. The van der Waals surface area contributed by atoms with Crippen molar-refractivity contribution in [3.8, 4) is 0 Å². The number of rotatable bonds is 5. The molecular weight excluding hydrogens is 564 g/mol. The van der Waals surface area contributed by atoms with Crippen molar-refractivity contribution in [3.63, 3.8) is 0 Å². The molecule has 1 N–H and O–H groups in total. The first-order chi connectivity index (χ1) is 16.4. The Morgan fingerprint density at radius 1 is 0.943 bits per heavy atom. The SMILES string of the molecule is CN(C(=O)c1cc(NC(=O)[C@@H]2[C@@H](c3cc(Cl)cc(Cl)c3)C2(Cl)Cl)ccc1Cl)c1ccc(F)cc1F. The Morgan fingerprint density at radius 2 is 1.60 bits per heavy atom. The van der Waals surface area contributed by atoms with E-state index in [1.165, 1.54) is 25.2 Å². The molecule has 0 saturated heterocycles. The van der Waals surface area contributed by atoms with Crippen molar-refractivity contribution in [2.24, 2.45) is 5.92 Å². The summed E-state index contributed by atoms with van der Waals surface area (Å²) in [6, 6.07) is 11.9. The Bertz CT molecular complexity index is 1330. The summed E-state index contributed by atoms with van der Waals surface area (Å²) < 4.78 is 26.0. The lowest BCUT2D eigenvalue weighted by molar-refractivity contribution is -0.117. The van der Waals surface area contributed by atoms with Gasteiger partial charge < -0.3 is 10.2 Å². The molecule has 1 aliphatic carbocycles. The van der Waals surface area contributed by atoms with E-state index in [0.29, 0.717) is 21.7 Å². The van der Waals surface area contributed by atoms with Gasteiger partial charge in [0.25, 0.3) is 5.91 Å². The summed E-state index contributed by atoms with van der Waals surface area (Å²) in [7, 11) is 1.32. The number of amides is 2. The van der Waals surface area contributed by atoms with Gasteiger partial charge in [-0.15, -0.1) is 23.2 Å². The molecule has 0 radical (unpaired) electrons. The van der Waals surface area contributed by atoms with Crippen molar-refractivity contribution in [2.75, 3.05) is 17.3 Å². The van der Waals surface area contributed by atoms with E-state index in [1.807, 2.05) is 0 Å². The highest BCUT2D eigenvalue weighted by Crippen LogP contribution is 2.65. The fraction of sp³-hybridized carbons (Fsp3) is 0.167. The molecule has 2 atom stereocenters. The average molecular weight is 579 g/mol. The number of benzene rings is 3. The molecule has 1 saturated carbocycles. The topological polar surface area (TPSA) is 49.4 Å². The van der Waals surface area contributed by atoms with Gasteiger partial charge in [-0.05, 0) is 54.1 Å². The van der Waals surface area contributed by atoms with Crippen LogP contribution in [0.4, 0.5) is 20.2 Å². The molecule has 0 unspecified atom stereocenters. The van der Waals surface area contributed by atoms with E-state index in [2.05, 4.69) is 5.32 Å². The second-order valence-electron chi connectivity index (χ2n) is 7.98. The third kappa shape index (κ3) is 5.23. The first kappa shape index (κ1) is 26.0. The number of carbonyl (C=O) groups excluding carboxylic acids is 2. The number of alkyl halides is 2. The van der Waals surface area contributed by atoms with Gasteiger partial charge >= 0.3 is 0 Å². The highest BCUT2D eigenvalue weighted by atomic mass is 35.5.